The van der Waals surface area contributed by atoms with Crippen LogP contribution in [0.3, 0.4) is 0 Å². The smallest absolute Gasteiger partial charge is 0.335 e. The number of anilines is 1. The average Bonchev–Trinajstić information content (AvgIpc) is 3.20. The summed E-state index contributed by atoms with van der Waals surface area (Å²) in [4.78, 5) is 49.0. The number of urea groups is 1. The molecule has 1 aliphatic heterocycles. The molecule has 0 spiro atoms. The number of nitrogens with one attached hydrogen (secondary N) is 1. The van der Waals surface area contributed by atoms with Gasteiger partial charge in [-0.05, 0) is 54.6 Å². The molecule has 2 heterocycles. The largest absolute Gasteiger partial charge is 0.456 e. The fraction of sp³-hybridized carbons (Fsp3) is 0. The summed E-state index contributed by atoms with van der Waals surface area (Å²) < 4.78 is 6.37. The third-order valence-corrected chi connectivity index (χ3v) is 5.29. The lowest BCUT2D eigenvalue weighted by atomic mass is 10.1. The summed E-state index contributed by atoms with van der Waals surface area (Å²) in [7, 11) is 0. The Morgan fingerprint density at radius 1 is 1.06 bits per heavy atom. The van der Waals surface area contributed by atoms with Crippen molar-refractivity contribution in [3.05, 3.63) is 85.5 Å². The monoisotopic (exact) mass is 515 g/mol. The molecule has 1 saturated heterocycles. The Hall–Kier alpha value is -3.76. The summed E-state index contributed by atoms with van der Waals surface area (Å²) in [5, 5.41) is 13.6. The van der Waals surface area contributed by atoms with Crippen molar-refractivity contribution in [2.24, 2.45) is 0 Å². The maximum absolute atomic E-state index is 12.9. The fourth-order valence-corrected chi connectivity index (χ4v) is 3.49. The zero-order valence-corrected chi connectivity index (χ0v) is 18.2. The van der Waals surface area contributed by atoms with Crippen molar-refractivity contribution in [3.8, 4) is 11.3 Å². The van der Waals surface area contributed by atoms with Crippen LogP contribution in [-0.2, 0) is 9.59 Å². The first-order chi connectivity index (χ1) is 15.2. The lowest BCUT2D eigenvalue weighted by molar-refractivity contribution is -0.384. The van der Waals surface area contributed by atoms with Crippen LogP contribution < -0.4 is 10.2 Å². The second-order valence-corrected chi connectivity index (χ2v) is 7.91. The number of furan rings is 1. The maximum atomic E-state index is 12.9. The van der Waals surface area contributed by atoms with E-state index in [9.17, 15) is 24.5 Å². The zero-order chi connectivity index (χ0) is 23.0. The molecule has 0 unspecified atom stereocenters. The van der Waals surface area contributed by atoms with Gasteiger partial charge in [0.05, 0.1) is 16.2 Å². The van der Waals surface area contributed by atoms with E-state index >= 15 is 0 Å². The Bertz CT molecular complexity index is 1320. The highest BCUT2D eigenvalue weighted by molar-refractivity contribution is 9.10. The zero-order valence-electron chi connectivity index (χ0n) is 15.9. The van der Waals surface area contributed by atoms with E-state index < -0.39 is 22.8 Å². The highest BCUT2D eigenvalue weighted by Gasteiger charge is 2.37. The van der Waals surface area contributed by atoms with Crippen molar-refractivity contribution in [1.29, 1.82) is 0 Å². The number of rotatable bonds is 4. The van der Waals surface area contributed by atoms with Crippen molar-refractivity contribution >= 4 is 62.8 Å². The van der Waals surface area contributed by atoms with Crippen LogP contribution in [0, 0.1) is 10.1 Å². The number of carbonyl (C=O) groups excluding carboxylic acids is 3. The first kappa shape index (κ1) is 21.5. The van der Waals surface area contributed by atoms with Crippen LogP contribution >= 0.6 is 27.5 Å². The van der Waals surface area contributed by atoms with Gasteiger partial charge in [-0.25, -0.2) is 9.69 Å². The summed E-state index contributed by atoms with van der Waals surface area (Å²) >= 11 is 9.11. The lowest BCUT2D eigenvalue weighted by Crippen LogP contribution is -2.54. The predicted molar refractivity (Wildman–Crippen MR) is 119 cm³/mol. The number of halogens is 2. The summed E-state index contributed by atoms with van der Waals surface area (Å²) in [6, 6.07) is 12.5. The first-order valence-corrected chi connectivity index (χ1v) is 10.1. The van der Waals surface area contributed by atoms with E-state index in [1.54, 1.807) is 24.3 Å². The van der Waals surface area contributed by atoms with Gasteiger partial charge in [0.25, 0.3) is 17.5 Å². The molecule has 1 fully saturated rings. The third-order valence-electron chi connectivity index (χ3n) is 4.52. The second kappa shape index (κ2) is 8.40. The number of nitro benzene ring substituents is 1. The summed E-state index contributed by atoms with van der Waals surface area (Å²) in [6.45, 7) is 0. The predicted octanol–water partition coefficient (Wildman–Crippen LogP) is 4.94. The second-order valence-electron chi connectivity index (χ2n) is 6.55. The van der Waals surface area contributed by atoms with Crippen LogP contribution in [0.5, 0.6) is 0 Å². The van der Waals surface area contributed by atoms with Crippen LogP contribution in [-0.4, -0.2) is 22.8 Å². The molecule has 4 amide bonds. The summed E-state index contributed by atoms with van der Waals surface area (Å²) in [5.41, 5.74) is -0.148. The van der Waals surface area contributed by atoms with Gasteiger partial charge >= 0.3 is 6.03 Å². The van der Waals surface area contributed by atoms with Crippen LogP contribution in [0.15, 0.2) is 69.1 Å². The summed E-state index contributed by atoms with van der Waals surface area (Å²) in [5.74, 6) is -1.49. The molecule has 0 atom stereocenters. The minimum Gasteiger partial charge on any atom is -0.456 e. The van der Waals surface area contributed by atoms with E-state index in [0.29, 0.717) is 0 Å². The van der Waals surface area contributed by atoms with Crippen molar-refractivity contribution in [2.45, 2.75) is 0 Å². The molecule has 0 radical (unpaired) electrons. The van der Waals surface area contributed by atoms with Crippen molar-refractivity contribution in [3.63, 3.8) is 0 Å². The number of hydrogen-bond donors (Lipinski definition) is 1. The average molecular weight is 517 g/mol. The van der Waals surface area contributed by atoms with E-state index in [1.807, 2.05) is 0 Å². The van der Waals surface area contributed by atoms with E-state index in [-0.39, 0.29) is 39.1 Å². The highest BCUT2D eigenvalue weighted by atomic mass is 79.9. The molecule has 11 heteroatoms. The van der Waals surface area contributed by atoms with Crippen LogP contribution in [0.4, 0.5) is 16.2 Å². The van der Waals surface area contributed by atoms with Gasteiger partial charge in [0.15, 0.2) is 0 Å². The topological polar surface area (TPSA) is 123 Å². The van der Waals surface area contributed by atoms with Gasteiger partial charge in [0, 0.05) is 15.6 Å². The Labute approximate surface area is 193 Å². The molecule has 9 nitrogen and oxygen atoms in total. The number of amides is 4. The first-order valence-electron chi connectivity index (χ1n) is 8.96. The number of barbiturate groups is 1. The number of carbonyl (C=O) groups is 3. The lowest BCUT2D eigenvalue weighted by Gasteiger charge is -2.26. The van der Waals surface area contributed by atoms with Gasteiger partial charge in [-0.3, -0.25) is 25.0 Å². The molecular formula is C21H11BrClN3O6. The minimum atomic E-state index is -0.885. The Morgan fingerprint density at radius 3 is 2.47 bits per heavy atom. The number of nitrogens with zero attached hydrogens (tertiary/aromatic N) is 2. The molecule has 32 heavy (non-hydrogen) atoms. The molecule has 4 rings (SSSR count). The molecule has 2 aromatic carbocycles. The van der Waals surface area contributed by atoms with Crippen molar-refractivity contribution in [2.75, 3.05) is 4.90 Å². The molecule has 1 aliphatic rings. The van der Waals surface area contributed by atoms with Crippen LogP contribution in [0.25, 0.3) is 17.4 Å². The number of hydrogen-bond acceptors (Lipinski definition) is 6. The highest BCUT2D eigenvalue weighted by Crippen LogP contribution is 2.34. The quantitative estimate of drug-likeness (QED) is 0.227. The van der Waals surface area contributed by atoms with E-state index in [4.69, 9.17) is 16.0 Å². The molecular weight excluding hydrogens is 506 g/mol. The van der Waals surface area contributed by atoms with Gasteiger partial charge < -0.3 is 4.42 Å². The fourth-order valence-electron chi connectivity index (χ4n) is 3.06. The van der Waals surface area contributed by atoms with Gasteiger partial charge in [0.2, 0.25) is 0 Å². The molecule has 0 aliphatic carbocycles. The molecule has 0 saturated carbocycles. The number of imide groups is 2. The van der Waals surface area contributed by atoms with Crippen LogP contribution in [0.1, 0.15) is 5.76 Å². The molecule has 1 aromatic heterocycles. The van der Waals surface area contributed by atoms with Crippen LogP contribution in [0.2, 0.25) is 5.02 Å². The molecule has 3 aromatic rings. The van der Waals surface area contributed by atoms with Gasteiger partial charge in [-0.15, -0.1) is 0 Å². The Balaban J connectivity index is 1.70. The maximum Gasteiger partial charge on any atom is 0.335 e. The number of nitro groups is 1. The van der Waals surface area contributed by atoms with Gasteiger partial charge in [-0.2, -0.15) is 0 Å². The van der Waals surface area contributed by atoms with Crippen molar-refractivity contribution < 1.29 is 23.7 Å². The Morgan fingerprint density at radius 2 is 1.78 bits per heavy atom. The normalized spacial score (nSPS) is 15.2. The molecule has 1 N–H and O–H groups in total. The van der Waals surface area contributed by atoms with Gasteiger partial charge in [-0.1, -0.05) is 27.5 Å². The van der Waals surface area contributed by atoms with E-state index in [1.165, 1.54) is 36.4 Å². The van der Waals surface area contributed by atoms with Crippen molar-refractivity contribution in [1.82, 2.24) is 5.32 Å². The van der Waals surface area contributed by atoms with E-state index in [0.717, 1.165) is 9.37 Å². The molecule has 0 bridgehead atoms. The minimum absolute atomic E-state index is 0.0906. The third kappa shape index (κ3) is 4.05. The SMILES string of the molecule is O=C1NC(=O)N(c2ccc(Br)cc2)C(=O)/C1=C/c1ccc(-c2ccc(Cl)cc2[N+](=O)[O-])o1. The number of benzene rings is 2. The molecule has 160 valence electrons. The summed E-state index contributed by atoms with van der Waals surface area (Å²) in [6.07, 6.45) is 1.17. The standard InChI is InChI=1S/C21H11BrClN3O6/c22-11-1-4-13(5-2-11)25-20(28)16(19(27)24-21(25)29)10-14-6-8-18(32-14)15-7-3-12(23)9-17(15)26(30)31/h1-10H,(H,24,27,29)/b16-10+. The Kier molecular flexibility index (Phi) is 5.64. The van der Waals surface area contributed by atoms with E-state index in [2.05, 4.69) is 21.2 Å². The van der Waals surface area contributed by atoms with Gasteiger partial charge in [0.1, 0.15) is 17.1 Å².